The summed E-state index contributed by atoms with van der Waals surface area (Å²) in [5, 5.41) is 5.84. The maximum Gasteiger partial charge on any atom is 0.419 e. The summed E-state index contributed by atoms with van der Waals surface area (Å²) < 4.78 is 78.0. The normalized spacial score (nSPS) is 24.7. The lowest BCUT2D eigenvalue weighted by Gasteiger charge is -2.36. The van der Waals surface area contributed by atoms with Crippen LogP contribution in [-0.2, 0) is 20.6 Å². The first kappa shape index (κ1) is 28.2. The van der Waals surface area contributed by atoms with E-state index in [0.717, 1.165) is 18.6 Å². The van der Waals surface area contributed by atoms with E-state index in [1.165, 1.54) is 6.92 Å². The van der Waals surface area contributed by atoms with E-state index < -0.39 is 53.4 Å². The Balaban J connectivity index is 1.31. The van der Waals surface area contributed by atoms with Crippen molar-refractivity contribution in [3.05, 3.63) is 18.0 Å². The van der Waals surface area contributed by atoms with Crippen molar-refractivity contribution >= 4 is 35.6 Å². The van der Waals surface area contributed by atoms with Gasteiger partial charge in [-0.3, -0.25) is 19.4 Å². The first-order valence-electron chi connectivity index (χ1n) is 12.0. The number of nitrogens with zero attached hydrogens (tertiary/aromatic N) is 6. The fourth-order valence-corrected chi connectivity index (χ4v) is 4.64. The number of likely N-dealkylation sites (tertiary alicyclic amines) is 1. The Morgan fingerprint density at radius 1 is 1.08 bits per heavy atom. The number of anilines is 1. The molecule has 0 saturated carbocycles. The van der Waals surface area contributed by atoms with Crippen LogP contribution in [0.1, 0.15) is 31.7 Å². The van der Waals surface area contributed by atoms with Gasteiger partial charge in [-0.1, -0.05) is 0 Å². The molecule has 0 radical (unpaired) electrons. The van der Waals surface area contributed by atoms with Gasteiger partial charge in [0.15, 0.2) is 5.92 Å². The monoisotopic (exact) mass is 562 g/mol. The topological polar surface area (TPSA) is 132 Å². The van der Waals surface area contributed by atoms with Crippen LogP contribution in [0, 0.1) is 5.92 Å². The van der Waals surface area contributed by atoms with Crippen molar-refractivity contribution in [1.29, 1.82) is 0 Å². The number of aliphatic imine (C=N–C) groups is 1. The predicted molar refractivity (Wildman–Crippen MR) is 124 cm³/mol. The van der Waals surface area contributed by atoms with Gasteiger partial charge in [-0.25, -0.2) is 15.4 Å². The van der Waals surface area contributed by atoms with Gasteiger partial charge >= 0.3 is 12.4 Å². The lowest BCUT2D eigenvalue weighted by molar-refractivity contribution is -0.168. The van der Waals surface area contributed by atoms with E-state index in [2.05, 4.69) is 25.4 Å². The van der Waals surface area contributed by atoms with Gasteiger partial charge in [-0.15, -0.1) is 0 Å². The minimum absolute atomic E-state index is 0.156. The average Bonchev–Trinajstić information content (AvgIpc) is 3.22. The third kappa shape index (κ3) is 6.27. The number of hydrogen-bond acceptors (Lipinski definition) is 8. The molecule has 4 rings (SSSR count). The minimum Gasteiger partial charge on any atom is -0.342 e. The number of aromatic nitrogens is 2. The molecule has 212 valence electrons. The van der Waals surface area contributed by atoms with Gasteiger partial charge in [0.25, 0.3) is 5.91 Å². The molecule has 1 aromatic heterocycles. The largest absolute Gasteiger partial charge is 0.419 e. The minimum atomic E-state index is -4.93. The second-order valence-electron chi connectivity index (χ2n) is 9.31. The summed E-state index contributed by atoms with van der Waals surface area (Å²) in [6.45, 7) is 2.39. The van der Waals surface area contributed by atoms with Crippen molar-refractivity contribution in [1.82, 2.24) is 25.6 Å². The molecule has 3 atom stereocenters. The van der Waals surface area contributed by atoms with Crippen molar-refractivity contribution in [2.24, 2.45) is 16.0 Å². The zero-order chi connectivity index (χ0) is 28.5. The third-order valence-corrected chi connectivity index (χ3v) is 6.69. The molecule has 2 N–H and O–H groups in total. The van der Waals surface area contributed by atoms with E-state index in [4.69, 9.17) is 0 Å². The number of hydrogen-bond donors (Lipinski definition) is 2. The van der Waals surface area contributed by atoms with E-state index in [1.807, 2.05) is 0 Å². The van der Waals surface area contributed by atoms with Gasteiger partial charge < -0.3 is 15.1 Å². The van der Waals surface area contributed by atoms with Crippen molar-refractivity contribution < 1.29 is 40.7 Å². The summed E-state index contributed by atoms with van der Waals surface area (Å²) in [6, 6.07) is -2.39. The summed E-state index contributed by atoms with van der Waals surface area (Å²) in [5.74, 6) is -4.94. The molecule has 4 heterocycles. The van der Waals surface area contributed by atoms with Crippen LogP contribution in [0.4, 0.5) is 32.3 Å². The maximum absolute atomic E-state index is 13.3. The molecule has 2 fully saturated rings. The molecule has 1 aromatic rings. The molecule has 0 aliphatic carbocycles. The summed E-state index contributed by atoms with van der Waals surface area (Å²) in [6.07, 6.45) is -6.01. The van der Waals surface area contributed by atoms with Gasteiger partial charge in [-0.05, 0) is 26.2 Å². The number of hydrazone groups is 1. The van der Waals surface area contributed by atoms with Crippen molar-refractivity contribution in [3.8, 4) is 0 Å². The molecule has 3 amide bonds. The van der Waals surface area contributed by atoms with Crippen molar-refractivity contribution in [2.75, 3.05) is 24.5 Å². The van der Waals surface area contributed by atoms with Gasteiger partial charge in [0, 0.05) is 38.1 Å². The smallest absolute Gasteiger partial charge is 0.342 e. The van der Waals surface area contributed by atoms with E-state index in [1.54, 1.807) is 15.2 Å². The Hall–Kier alpha value is -3.79. The van der Waals surface area contributed by atoms with Crippen molar-refractivity contribution in [2.45, 2.75) is 56.7 Å². The van der Waals surface area contributed by atoms with Gasteiger partial charge in [-0.2, -0.15) is 31.4 Å². The van der Waals surface area contributed by atoms with E-state index in [0.29, 0.717) is 32.5 Å². The molecule has 0 spiro atoms. The zero-order valence-corrected chi connectivity index (χ0v) is 20.5. The number of halogens is 6. The number of piperidine rings is 1. The van der Waals surface area contributed by atoms with Crippen LogP contribution >= 0.6 is 0 Å². The summed E-state index contributed by atoms with van der Waals surface area (Å²) in [4.78, 5) is 51.9. The molecule has 39 heavy (non-hydrogen) atoms. The van der Waals surface area contributed by atoms with Crippen LogP contribution in [0.3, 0.4) is 0 Å². The van der Waals surface area contributed by atoms with Gasteiger partial charge in [0.2, 0.25) is 17.8 Å². The molecular formula is C22H24F6N8O3. The Kier molecular flexibility index (Phi) is 7.79. The van der Waals surface area contributed by atoms with Crippen LogP contribution in [0.15, 0.2) is 22.5 Å². The number of alkyl halides is 6. The fraction of sp³-hybridized carbons (Fsp3) is 0.591. The second-order valence-corrected chi connectivity index (χ2v) is 9.31. The number of nitrogens with one attached hydrogen (secondary N) is 2. The highest BCUT2D eigenvalue weighted by Crippen LogP contribution is 2.30. The molecule has 0 aromatic carbocycles. The summed E-state index contributed by atoms with van der Waals surface area (Å²) in [5.41, 5.74) is 0.0592. The summed E-state index contributed by atoms with van der Waals surface area (Å²) >= 11 is 0. The molecule has 1 unspecified atom stereocenters. The van der Waals surface area contributed by atoms with Crippen LogP contribution in [-0.4, -0.2) is 88.5 Å². The van der Waals surface area contributed by atoms with E-state index >= 15 is 0 Å². The first-order valence-corrected chi connectivity index (χ1v) is 12.0. The average molecular weight is 562 g/mol. The molecule has 11 nitrogen and oxygen atoms in total. The van der Waals surface area contributed by atoms with E-state index in [-0.39, 0.29) is 24.3 Å². The van der Waals surface area contributed by atoms with Crippen LogP contribution in [0.5, 0.6) is 0 Å². The molecule has 17 heteroatoms. The standard InChI is InChI=1S/C22H24F6N8O3/c1-11(32-15-10-31-34-18(38)16(15)22(26,27)28)17(37)33-14-4-7-36(19(14)39)13-2-5-35(6-3-13)20-29-8-12(9-30-20)21(23,24)25/h8-11,13-14,16H,2-7H2,1H3,(H,33,37)(H,34,38)/t11-,14+,16?/m0/s1. The lowest BCUT2D eigenvalue weighted by atomic mass is 10.0. The maximum atomic E-state index is 13.3. The van der Waals surface area contributed by atoms with Gasteiger partial charge in [0.05, 0.1) is 17.5 Å². The quantitative estimate of drug-likeness (QED) is 0.521. The Morgan fingerprint density at radius 2 is 1.72 bits per heavy atom. The number of amides is 3. The summed E-state index contributed by atoms with van der Waals surface area (Å²) in [7, 11) is 0. The van der Waals surface area contributed by atoms with E-state index in [9.17, 15) is 40.7 Å². The molecular weight excluding hydrogens is 538 g/mol. The van der Waals surface area contributed by atoms with Crippen LogP contribution < -0.4 is 15.6 Å². The number of carbonyl (C=O) groups excluding carboxylic acids is 3. The highest BCUT2D eigenvalue weighted by Gasteiger charge is 2.49. The Labute approximate surface area is 217 Å². The lowest BCUT2D eigenvalue weighted by Crippen LogP contribution is -2.50. The Morgan fingerprint density at radius 3 is 2.31 bits per heavy atom. The highest BCUT2D eigenvalue weighted by atomic mass is 19.4. The van der Waals surface area contributed by atoms with Gasteiger partial charge in [0.1, 0.15) is 12.1 Å². The third-order valence-electron chi connectivity index (χ3n) is 6.69. The van der Waals surface area contributed by atoms with Crippen LogP contribution in [0.2, 0.25) is 0 Å². The SMILES string of the molecule is C[C@H](N=C1C=NNC(=O)C1C(F)(F)F)C(=O)N[C@@H]1CCN(C2CCN(c3ncc(C(F)(F)F)cn3)CC2)C1=O. The highest BCUT2D eigenvalue weighted by molar-refractivity contribution is 6.37. The Bertz CT molecular complexity index is 1160. The number of rotatable bonds is 5. The number of carbonyl (C=O) groups is 3. The molecule has 0 bridgehead atoms. The van der Waals surface area contributed by atoms with Crippen molar-refractivity contribution in [3.63, 3.8) is 0 Å². The fourth-order valence-electron chi connectivity index (χ4n) is 4.64. The molecule has 2 saturated heterocycles. The second kappa shape index (κ2) is 10.8. The zero-order valence-electron chi connectivity index (χ0n) is 20.5. The molecule has 3 aliphatic heterocycles. The predicted octanol–water partition coefficient (Wildman–Crippen LogP) is 1.30. The van der Waals surface area contributed by atoms with Crippen LogP contribution in [0.25, 0.3) is 0 Å². The molecule has 3 aliphatic rings. The first-order chi connectivity index (χ1) is 18.3.